The number of carbonyl (C=O) groups is 9. The van der Waals surface area contributed by atoms with E-state index in [2.05, 4.69) is 47.6 Å². The van der Waals surface area contributed by atoms with Gasteiger partial charge in [-0.2, -0.15) is 5.12 Å². The Morgan fingerprint density at radius 3 is 1.73 bits per heavy atom. The molecule has 0 heterocycles. The molecular weight excluding hydrogens is 855 g/mol. The van der Waals surface area contributed by atoms with Crippen molar-refractivity contribution in [2.45, 2.75) is 144 Å². The van der Waals surface area contributed by atoms with Crippen LogP contribution in [0.3, 0.4) is 0 Å². The minimum absolute atomic E-state index is 0.0109. The Balaban J connectivity index is 3.13. The van der Waals surface area contributed by atoms with Crippen LogP contribution in [0.4, 0.5) is 5.69 Å². The molecule has 0 aliphatic rings. The van der Waals surface area contributed by atoms with Crippen molar-refractivity contribution in [2.75, 3.05) is 18.2 Å². The molecule has 1 aromatic rings. The summed E-state index contributed by atoms with van der Waals surface area (Å²) in [6, 6.07) is 3.18. The molecule has 14 N–H and O–H groups in total. The lowest BCUT2D eigenvalue weighted by molar-refractivity contribution is -0.138. The summed E-state index contributed by atoms with van der Waals surface area (Å²) in [6.07, 6.45) is 1.09. The minimum Gasteiger partial charge on any atom is -0.378 e. The molecule has 0 radical (unpaired) electrons. The lowest BCUT2D eigenvalue weighted by Crippen LogP contribution is -2.63. The summed E-state index contributed by atoms with van der Waals surface area (Å²) in [7, 11) is 0. The molecule has 22 heteroatoms. The number of nitrogens with zero attached hydrogens (tertiary/aromatic N) is 2. The zero-order chi connectivity index (χ0) is 50.5. The standard InChI is InChI=1S/C44H75N13O9/c1-24(2)21-31(37(46)60)53-38(61)30(19-15-16-20-48-42(65)36(45)56-57(47)29-17-13-12-14-18-29)52-41(64)35(27(7)8)54-43(66)44(10,11)55-39(62)32(22-25(3)4)51-33(59)23-49-40(63)34(26(5)6)50-28(9)58/h12-14,17-18,24-27,30-32,34-35H,15-16,19-23,47H2,1-11H3,(H2,45,56)(H2,46,60)(H,48,65)(H,49,63)(H,50,58)(H,51,59)(H,52,64)(H,53,61)(H,54,66)(H,55,62)/t30-,31-,32-,34?,35?/m0/s1. The van der Waals surface area contributed by atoms with Gasteiger partial charge in [0.15, 0.2) is 0 Å². The molecule has 0 saturated carbocycles. The van der Waals surface area contributed by atoms with Gasteiger partial charge in [0, 0.05) is 13.5 Å². The van der Waals surface area contributed by atoms with Crippen LogP contribution in [0.1, 0.15) is 108 Å². The second kappa shape index (κ2) is 27.9. The molecule has 0 aliphatic heterocycles. The molecule has 22 nitrogen and oxygen atoms in total. The molecule has 2 unspecified atom stereocenters. The monoisotopic (exact) mass is 930 g/mol. The van der Waals surface area contributed by atoms with Crippen LogP contribution in [-0.4, -0.2) is 108 Å². The maximum Gasteiger partial charge on any atom is 0.288 e. The highest BCUT2D eigenvalue weighted by Crippen LogP contribution is 2.13. The summed E-state index contributed by atoms with van der Waals surface area (Å²) < 4.78 is 0. The topological polar surface area (TPSA) is 344 Å². The molecular formula is C44H75N13O9. The molecule has 0 saturated heterocycles. The third kappa shape index (κ3) is 21.1. The van der Waals surface area contributed by atoms with E-state index in [0.717, 1.165) is 5.12 Å². The number of amides is 9. The smallest absolute Gasteiger partial charge is 0.288 e. The highest BCUT2D eigenvalue weighted by atomic mass is 16.2. The van der Waals surface area contributed by atoms with Gasteiger partial charge in [-0.1, -0.05) is 73.6 Å². The van der Waals surface area contributed by atoms with Gasteiger partial charge in [-0.05, 0) is 81.8 Å². The van der Waals surface area contributed by atoms with Crippen molar-refractivity contribution in [1.29, 1.82) is 0 Å². The average Bonchev–Trinajstić information content (AvgIpc) is 3.21. The molecule has 1 aromatic carbocycles. The second-order valence-corrected chi connectivity index (χ2v) is 18.3. The van der Waals surface area contributed by atoms with Gasteiger partial charge in [-0.15, -0.1) is 5.10 Å². The third-order valence-electron chi connectivity index (χ3n) is 10.0. The molecule has 1 rings (SSSR count). The first-order valence-electron chi connectivity index (χ1n) is 22.3. The number of hydrogen-bond donors (Lipinski definition) is 11. The fraction of sp³-hybridized carbons (Fsp3) is 0.636. The van der Waals surface area contributed by atoms with Gasteiger partial charge in [0.05, 0.1) is 12.2 Å². The van der Waals surface area contributed by atoms with Crippen molar-refractivity contribution < 1.29 is 43.2 Å². The highest BCUT2D eigenvalue weighted by Gasteiger charge is 2.37. The van der Waals surface area contributed by atoms with Gasteiger partial charge in [0.2, 0.25) is 53.1 Å². The average molecular weight is 930 g/mol. The zero-order valence-electron chi connectivity index (χ0n) is 40.3. The van der Waals surface area contributed by atoms with Gasteiger partial charge in [0.25, 0.3) is 5.91 Å². The molecule has 66 heavy (non-hydrogen) atoms. The number of carbonyl (C=O) groups excluding carboxylic acids is 9. The number of primary amides is 1. The molecule has 0 bridgehead atoms. The summed E-state index contributed by atoms with van der Waals surface area (Å²) in [5.41, 5.74) is 10.3. The summed E-state index contributed by atoms with van der Waals surface area (Å²) in [4.78, 5) is 117. The summed E-state index contributed by atoms with van der Waals surface area (Å²) in [5, 5.41) is 25.8. The molecule has 0 spiro atoms. The number of anilines is 1. The van der Waals surface area contributed by atoms with Gasteiger partial charge < -0.3 is 54.0 Å². The third-order valence-corrected chi connectivity index (χ3v) is 10.0. The number of nitrogens with two attached hydrogens (primary N) is 3. The first kappa shape index (κ1) is 57.7. The number of hydrazine groups is 1. The SMILES string of the molecule is CC(=O)NC(C(=O)NCC(=O)N[C@@H](CC(C)C)C(=O)NC(C)(C)C(=O)NC(C(=O)N[C@@H](CCCCNC(=O)/C(N)=N/N(N)c1ccccc1)C(=O)N[C@@H](CC(C)C)C(N)=O)C(C)C)C(C)C. The maximum atomic E-state index is 13.9. The predicted molar refractivity (Wildman–Crippen MR) is 250 cm³/mol. The van der Waals surface area contributed by atoms with E-state index in [0.29, 0.717) is 18.5 Å². The van der Waals surface area contributed by atoms with Crippen molar-refractivity contribution in [1.82, 2.24) is 42.5 Å². The number of amidine groups is 1. The second-order valence-electron chi connectivity index (χ2n) is 18.3. The lowest BCUT2D eigenvalue weighted by atomic mass is 9.97. The van der Waals surface area contributed by atoms with E-state index in [9.17, 15) is 43.2 Å². The summed E-state index contributed by atoms with van der Waals surface area (Å²) >= 11 is 0. The fourth-order valence-electron chi connectivity index (χ4n) is 6.37. The Morgan fingerprint density at radius 2 is 1.20 bits per heavy atom. The van der Waals surface area contributed by atoms with Crippen molar-refractivity contribution in [2.24, 2.45) is 46.1 Å². The fourth-order valence-corrected chi connectivity index (χ4v) is 6.37. The van der Waals surface area contributed by atoms with Crippen LogP contribution in [0, 0.1) is 23.7 Å². The van der Waals surface area contributed by atoms with E-state index in [1.807, 2.05) is 27.7 Å². The van der Waals surface area contributed by atoms with E-state index in [4.69, 9.17) is 17.3 Å². The molecule has 5 atom stereocenters. The minimum atomic E-state index is -1.63. The number of rotatable bonds is 27. The Hall–Kier alpha value is -6.32. The van der Waals surface area contributed by atoms with Crippen molar-refractivity contribution in [3.8, 4) is 0 Å². The quantitative estimate of drug-likeness (QED) is 0.0171. The van der Waals surface area contributed by atoms with Crippen molar-refractivity contribution >= 4 is 64.7 Å². The van der Waals surface area contributed by atoms with E-state index in [-0.39, 0.29) is 49.4 Å². The van der Waals surface area contributed by atoms with Gasteiger partial charge in [0.1, 0.15) is 35.7 Å². The molecule has 0 fully saturated rings. The number of unbranched alkanes of at least 4 members (excludes halogenated alkanes) is 1. The normalized spacial score (nSPS) is 14.0. The van der Waals surface area contributed by atoms with Crippen LogP contribution in [0.15, 0.2) is 35.4 Å². The van der Waals surface area contributed by atoms with Crippen LogP contribution in [0.5, 0.6) is 0 Å². The predicted octanol–water partition coefficient (Wildman–Crippen LogP) is -0.730. The van der Waals surface area contributed by atoms with Crippen LogP contribution in [0.2, 0.25) is 0 Å². The van der Waals surface area contributed by atoms with Crippen molar-refractivity contribution in [3.63, 3.8) is 0 Å². The lowest BCUT2D eigenvalue weighted by Gasteiger charge is -2.32. The Bertz CT molecular complexity index is 1850. The van der Waals surface area contributed by atoms with Crippen LogP contribution >= 0.6 is 0 Å². The number of hydrazone groups is 1. The van der Waals surface area contributed by atoms with E-state index in [1.54, 1.807) is 58.0 Å². The Morgan fingerprint density at radius 1 is 0.652 bits per heavy atom. The van der Waals surface area contributed by atoms with Crippen LogP contribution in [0.25, 0.3) is 0 Å². The molecule has 0 aromatic heterocycles. The number of nitrogens with one attached hydrogen (secondary N) is 8. The first-order chi connectivity index (χ1) is 30.7. The number of benzene rings is 1. The van der Waals surface area contributed by atoms with E-state index >= 15 is 0 Å². The van der Waals surface area contributed by atoms with Gasteiger partial charge >= 0.3 is 0 Å². The molecule has 0 aliphatic carbocycles. The van der Waals surface area contributed by atoms with Gasteiger partial charge in [-0.3, -0.25) is 43.2 Å². The number of para-hydroxylation sites is 1. The highest BCUT2D eigenvalue weighted by molar-refractivity contribution is 6.37. The zero-order valence-corrected chi connectivity index (χ0v) is 40.3. The Labute approximate surface area is 388 Å². The maximum absolute atomic E-state index is 13.9. The number of hydrogen-bond acceptors (Lipinski definition) is 12. The molecule has 370 valence electrons. The molecule has 9 amide bonds. The van der Waals surface area contributed by atoms with E-state index in [1.165, 1.54) is 20.8 Å². The largest absolute Gasteiger partial charge is 0.378 e. The van der Waals surface area contributed by atoms with Crippen LogP contribution in [-0.2, 0) is 43.2 Å². The van der Waals surface area contributed by atoms with Crippen molar-refractivity contribution in [3.05, 3.63) is 30.3 Å². The first-order valence-corrected chi connectivity index (χ1v) is 22.3. The summed E-state index contributed by atoms with van der Waals surface area (Å²) in [5.74, 6) is -1.37. The Kier molecular flexibility index (Phi) is 24.4. The van der Waals surface area contributed by atoms with E-state index < -0.39 is 101 Å². The van der Waals surface area contributed by atoms with Gasteiger partial charge in [-0.25, -0.2) is 5.84 Å². The van der Waals surface area contributed by atoms with Crippen LogP contribution < -0.4 is 65.0 Å². The summed E-state index contributed by atoms with van der Waals surface area (Å²) in [6.45, 7) is 17.9.